The highest BCUT2D eigenvalue weighted by Crippen LogP contribution is 2.19. The second kappa shape index (κ2) is 12.1. The molecule has 1 rings (SSSR count). The Balaban J connectivity index is 2.89. The van der Waals surface area contributed by atoms with Crippen LogP contribution in [0.4, 0.5) is 0 Å². The van der Waals surface area contributed by atoms with Crippen molar-refractivity contribution in [1.82, 2.24) is 15.5 Å². The number of aliphatic carboxylic acids is 2. The first-order valence-corrected chi connectivity index (χ1v) is 9.90. The second-order valence-electron chi connectivity index (χ2n) is 7.32. The van der Waals surface area contributed by atoms with E-state index in [1.165, 1.54) is 11.8 Å². The lowest BCUT2D eigenvalue weighted by Crippen LogP contribution is -2.56. The Bertz CT molecular complexity index is 655. The van der Waals surface area contributed by atoms with Gasteiger partial charge in [-0.1, -0.05) is 0 Å². The molecule has 30 heavy (non-hydrogen) atoms. The van der Waals surface area contributed by atoms with Gasteiger partial charge in [-0.2, -0.15) is 0 Å². The zero-order valence-corrected chi connectivity index (χ0v) is 17.0. The average Bonchev–Trinajstić information content (AvgIpc) is 3.15. The molecule has 0 aromatic heterocycles. The van der Waals surface area contributed by atoms with Crippen molar-refractivity contribution in [3.05, 3.63) is 0 Å². The maximum atomic E-state index is 12.8. The molecule has 0 bridgehead atoms. The van der Waals surface area contributed by atoms with Crippen LogP contribution in [0.3, 0.4) is 0 Å². The number of carbonyl (C=O) groups is 5. The number of nitrogens with two attached hydrogens (primary N) is 2. The summed E-state index contributed by atoms with van der Waals surface area (Å²) in [5.41, 5.74) is 11.1. The molecule has 8 N–H and O–H groups in total. The number of carbonyl (C=O) groups excluding carboxylic acids is 3. The first-order valence-electron chi connectivity index (χ1n) is 9.90. The first-order chi connectivity index (χ1) is 14.1. The fourth-order valence-corrected chi connectivity index (χ4v) is 3.24. The summed E-state index contributed by atoms with van der Waals surface area (Å²) in [5, 5.41) is 22.7. The van der Waals surface area contributed by atoms with Crippen LogP contribution in [-0.4, -0.2) is 82.0 Å². The van der Waals surface area contributed by atoms with Crippen LogP contribution >= 0.6 is 0 Å². The number of carboxylic acid groups (broad SMARTS) is 2. The summed E-state index contributed by atoms with van der Waals surface area (Å²) in [6.45, 7) is 2.27. The summed E-state index contributed by atoms with van der Waals surface area (Å²) < 4.78 is 0. The molecular formula is C18H31N5O7. The number of amides is 3. The fraction of sp³-hybridized carbons (Fsp3) is 0.722. The van der Waals surface area contributed by atoms with Gasteiger partial charge in [0.25, 0.3) is 0 Å². The monoisotopic (exact) mass is 429 g/mol. The van der Waals surface area contributed by atoms with E-state index in [2.05, 4.69) is 10.6 Å². The van der Waals surface area contributed by atoms with Crippen molar-refractivity contribution in [2.75, 3.05) is 13.1 Å². The smallest absolute Gasteiger partial charge is 0.326 e. The Kier molecular flexibility index (Phi) is 10.2. The maximum absolute atomic E-state index is 12.8. The van der Waals surface area contributed by atoms with Crippen LogP contribution in [0.2, 0.25) is 0 Å². The van der Waals surface area contributed by atoms with E-state index in [0.29, 0.717) is 38.8 Å². The lowest BCUT2D eigenvalue weighted by atomic mass is 10.1. The van der Waals surface area contributed by atoms with E-state index in [4.69, 9.17) is 21.7 Å². The SMILES string of the molecule is CC(N)C(=O)N1CCCC1C(=O)NC(CCCCN)C(=O)NC(CC(=O)O)C(=O)O. The quantitative estimate of drug-likeness (QED) is 0.189. The molecule has 1 heterocycles. The van der Waals surface area contributed by atoms with E-state index < -0.39 is 54.3 Å². The number of hydrogen-bond donors (Lipinski definition) is 6. The molecule has 12 nitrogen and oxygen atoms in total. The van der Waals surface area contributed by atoms with Gasteiger partial charge < -0.3 is 37.2 Å². The Morgan fingerprint density at radius 2 is 1.77 bits per heavy atom. The minimum absolute atomic E-state index is 0.183. The zero-order valence-electron chi connectivity index (χ0n) is 17.0. The molecule has 12 heteroatoms. The van der Waals surface area contributed by atoms with Gasteiger partial charge in [0.1, 0.15) is 18.1 Å². The third-order valence-electron chi connectivity index (χ3n) is 4.80. The highest BCUT2D eigenvalue weighted by atomic mass is 16.4. The van der Waals surface area contributed by atoms with Crippen molar-refractivity contribution < 1.29 is 34.2 Å². The molecule has 0 aliphatic carbocycles. The summed E-state index contributed by atoms with van der Waals surface area (Å²) in [4.78, 5) is 61.0. The van der Waals surface area contributed by atoms with Crippen LogP contribution in [0, 0.1) is 0 Å². The van der Waals surface area contributed by atoms with Gasteiger partial charge in [0, 0.05) is 6.54 Å². The highest BCUT2D eigenvalue weighted by Gasteiger charge is 2.37. The Hall–Kier alpha value is -2.73. The predicted molar refractivity (Wildman–Crippen MR) is 105 cm³/mol. The molecule has 1 aliphatic heterocycles. The number of nitrogens with one attached hydrogen (secondary N) is 2. The standard InChI is InChI=1S/C18H31N5O7/c1-10(20)17(28)23-8-4-6-13(23)16(27)21-11(5-2-3-7-19)15(26)22-12(18(29)30)9-14(24)25/h10-13H,2-9,19-20H2,1H3,(H,21,27)(H,22,26)(H,24,25)(H,29,30). The third kappa shape index (κ3) is 7.59. The highest BCUT2D eigenvalue weighted by molar-refractivity contribution is 5.94. The van der Waals surface area contributed by atoms with Gasteiger partial charge >= 0.3 is 11.9 Å². The van der Waals surface area contributed by atoms with E-state index in [1.807, 2.05) is 0 Å². The lowest BCUT2D eigenvalue weighted by Gasteiger charge is -2.28. The predicted octanol–water partition coefficient (Wildman–Crippen LogP) is -2.02. The summed E-state index contributed by atoms with van der Waals surface area (Å²) in [6.07, 6.45) is 1.47. The summed E-state index contributed by atoms with van der Waals surface area (Å²) in [5.74, 6) is -4.61. The van der Waals surface area contributed by atoms with E-state index >= 15 is 0 Å². The van der Waals surface area contributed by atoms with Crippen LogP contribution in [0.5, 0.6) is 0 Å². The molecule has 4 unspecified atom stereocenters. The Morgan fingerprint density at radius 3 is 2.30 bits per heavy atom. The molecule has 0 radical (unpaired) electrons. The van der Waals surface area contributed by atoms with Gasteiger partial charge in [0.15, 0.2) is 0 Å². The number of hydrogen-bond acceptors (Lipinski definition) is 7. The van der Waals surface area contributed by atoms with E-state index in [0.717, 1.165) is 0 Å². The molecule has 1 aliphatic rings. The molecule has 0 saturated carbocycles. The van der Waals surface area contributed by atoms with Gasteiger partial charge in [0.2, 0.25) is 17.7 Å². The molecule has 3 amide bonds. The van der Waals surface area contributed by atoms with Crippen LogP contribution in [-0.2, 0) is 24.0 Å². The molecule has 0 aromatic carbocycles. The van der Waals surface area contributed by atoms with Crippen LogP contribution < -0.4 is 22.1 Å². The van der Waals surface area contributed by atoms with E-state index in [1.54, 1.807) is 0 Å². The minimum Gasteiger partial charge on any atom is -0.481 e. The lowest BCUT2D eigenvalue weighted by molar-refractivity contribution is -0.147. The van der Waals surface area contributed by atoms with Gasteiger partial charge in [0.05, 0.1) is 12.5 Å². The van der Waals surface area contributed by atoms with E-state index in [-0.39, 0.29) is 12.3 Å². The Labute approximate surface area is 174 Å². The van der Waals surface area contributed by atoms with Gasteiger partial charge in [-0.15, -0.1) is 0 Å². The molecule has 4 atom stereocenters. The second-order valence-corrected chi connectivity index (χ2v) is 7.32. The van der Waals surface area contributed by atoms with Crippen molar-refractivity contribution in [3.63, 3.8) is 0 Å². The van der Waals surface area contributed by atoms with Crippen molar-refractivity contribution in [1.29, 1.82) is 0 Å². The maximum Gasteiger partial charge on any atom is 0.326 e. The van der Waals surface area contributed by atoms with Gasteiger partial charge in [-0.05, 0) is 45.6 Å². The van der Waals surface area contributed by atoms with E-state index in [9.17, 15) is 24.0 Å². The number of rotatable bonds is 12. The van der Waals surface area contributed by atoms with Crippen molar-refractivity contribution in [2.45, 2.75) is 69.6 Å². The van der Waals surface area contributed by atoms with Gasteiger partial charge in [-0.25, -0.2) is 4.79 Å². The van der Waals surface area contributed by atoms with Crippen molar-refractivity contribution >= 4 is 29.7 Å². The molecule has 1 fully saturated rings. The zero-order chi connectivity index (χ0) is 22.8. The van der Waals surface area contributed by atoms with Gasteiger partial charge in [-0.3, -0.25) is 19.2 Å². The first kappa shape index (κ1) is 25.3. The Morgan fingerprint density at radius 1 is 1.10 bits per heavy atom. The third-order valence-corrected chi connectivity index (χ3v) is 4.80. The minimum atomic E-state index is -1.63. The number of unbranched alkanes of at least 4 members (excludes halogenated alkanes) is 1. The largest absolute Gasteiger partial charge is 0.481 e. The fourth-order valence-electron chi connectivity index (χ4n) is 3.24. The summed E-state index contributed by atoms with van der Waals surface area (Å²) >= 11 is 0. The van der Waals surface area contributed by atoms with Crippen LogP contribution in [0.25, 0.3) is 0 Å². The molecule has 0 spiro atoms. The molecule has 170 valence electrons. The van der Waals surface area contributed by atoms with Crippen LogP contribution in [0.1, 0.15) is 45.4 Å². The number of likely N-dealkylation sites (tertiary alicyclic amines) is 1. The molecular weight excluding hydrogens is 398 g/mol. The number of nitrogens with zero attached hydrogens (tertiary/aromatic N) is 1. The normalized spacial score (nSPS) is 18.9. The topological polar surface area (TPSA) is 205 Å². The average molecular weight is 429 g/mol. The molecule has 0 aromatic rings. The summed E-state index contributed by atoms with van der Waals surface area (Å²) in [6, 6.07) is -4.27. The summed E-state index contributed by atoms with van der Waals surface area (Å²) in [7, 11) is 0. The van der Waals surface area contributed by atoms with Crippen molar-refractivity contribution in [3.8, 4) is 0 Å². The number of carboxylic acids is 2. The van der Waals surface area contributed by atoms with Crippen LogP contribution in [0.15, 0.2) is 0 Å². The molecule has 1 saturated heterocycles. The van der Waals surface area contributed by atoms with Crippen molar-refractivity contribution in [2.24, 2.45) is 11.5 Å².